The number of hydrogen-bond donors (Lipinski definition) is 0. The summed E-state index contributed by atoms with van der Waals surface area (Å²) >= 11 is 0. The van der Waals surface area contributed by atoms with E-state index in [2.05, 4.69) is 62.5 Å². The molecule has 0 saturated heterocycles. The van der Waals surface area contributed by atoms with E-state index in [-0.39, 0.29) is 0 Å². The molecule has 110 valence electrons. The lowest BCUT2D eigenvalue weighted by Crippen LogP contribution is -1.98. The Morgan fingerprint density at radius 3 is 1.16 bits per heavy atom. The monoisotopic (exact) mass is 263 g/mol. The summed E-state index contributed by atoms with van der Waals surface area (Å²) in [6, 6.07) is 0. The van der Waals surface area contributed by atoms with Gasteiger partial charge >= 0.3 is 0 Å². The van der Waals surface area contributed by atoms with Crippen molar-refractivity contribution in [3.63, 3.8) is 0 Å². The minimum atomic E-state index is 1.18. The van der Waals surface area contributed by atoms with Gasteiger partial charge in [0.05, 0.1) is 0 Å². The van der Waals surface area contributed by atoms with Gasteiger partial charge in [-0.25, -0.2) is 0 Å². The first-order valence-electron chi connectivity index (χ1n) is 8.12. The molecule has 1 nitrogen and oxygen atoms in total. The highest BCUT2D eigenvalue weighted by Crippen LogP contribution is 2.03. The van der Waals surface area contributed by atoms with Gasteiger partial charge in [0.15, 0.2) is 0 Å². The second-order valence-electron chi connectivity index (χ2n) is 5.03. The standard InChI is InChI=1S/C18H33N/c1-4-7-10-13-16-19(17-14-11-8-5-2)18-15-12-9-6-3/h13-18H,4-12H2,1-3H3. The summed E-state index contributed by atoms with van der Waals surface area (Å²) in [7, 11) is 0. The van der Waals surface area contributed by atoms with E-state index in [0.717, 1.165) is 0 Å². The molecule has 0 fully saturated rings. The van der Waals surface area contributed by atoms with Gasteiger partial charge in [-0.05, 0) is 19.3 Å². The second-order valence-corrected chi connectivity index (χ2v) is 5.03. The quantitative estimate of drug-likeness (QED) is 0.368. The zero-order chi connectivity index (χ0) is 14.2. The Morgan fingerprint density at radius 1 is 0.579 bits per heavy atom. The van der Waals surface area contributed by atoms with Gasteiger partial charge in [0.2, 0.25) is 0 Å². The number of hydrogen-bond acceptors (Lipinski definition) is 1. The third-order valence-electron chi connectivity index (χ3n) is 3.01. The van der Waals surface area contributed by atoms with Crippen LogP contribution in [-0.4, -0.2) is 4.90 Å². The maximum absolute atomic E-state index is 2.28. The molecular formula is C18H33N. The van der Waals surface area contributed by atoms with Crippen LogP contribution in [-0.2, 0) is 0 Å². The van der Waals surface area contributed by atoms with E-state index in [1.807, 2.05) is 0 Å². The molecule has 0 atom stereocenters. The molecule has 0 amide bonds. The van der Waals surface area contributed by atoms with Crippen LogP contribution in [0.3, 0.4) is 0 Å². The summed E-state index contributed by atoms with van der Waals surface area (Å²) in [4.78, 5) is 2.20. The summed E-state index contributed by atoms with van der Waals surface area (Å²) in [6.07, 6.45) is 24.6. The van der Waals surface area contributed by atoms with Gasteiger partial charge < -0.3 is 4.90 Å². The number of allylic oxidation sites excluding steroid dienone is 3. The lowest BCUT2D eigenvalue weighted by molar-refractivity contribution is 0.667. The third-order valence-corrected chi connectivity index (χ3v) is 3.01. The highest BCUT2D eigenvalue weighted by molar-refractivity contribution is 4.99. The molecule has 0 aliphatic heterocycles. The van der Waals surface area contributed by atoms with Crippen LogP contribution >= 0.6 is 0 Å². The first kappa shape index (κ1) is 18.0. The van der Waals surface area contributed by atoms with Crippen molar-refractivity contribution >= 4 is 0 Å². The molecule has 0 rings (SSSR count). The van der Waals surface area contributed by atoms with Gasteiger partial charge in [-0.3, -0.25) is 0 Å². The van der Waals surface area contributed by atoms with E-state index in [4.69, 9.17) is 0 Å². The molecule has 0 aromatic heterocycles. The van der Waals surface area contributed by atoms with Gasteiger partial charge in [0, 0.05) is 18.6 Å². The van der Waals surface area contributed by atoms with Crippen LogP contribution in [0.25, 0.3) is 0 Å². The summed E-state index contributed by atoms with van der Waals surface area (Å²) < 4.78 is 0. The average Bonchev–Trinajstić information content (AvgIpc) is 2.43. The molecular weight excluding hydrogens is 230 g/mol. The fraction of sp³-hybridized carbons (Fsp3) is 0.667. The van der Waals surface area contributed by atoms with Gasteiger partial charge in [-0.1, -0.05) is 77.5 Å². The lowest BCUT2D eigenvalue weighted by Gasteiger charge is -2.09. The van der Waals surface area contributed by atoms with Gasteiger partial charge in [-0.2, -0.15) is 0 Å². The predicted molar refractivity (Wildman–Crippen MR) is 87.8 cm³/mol. The van der Waals surface area contributed by atoms with Crippen molar-refractivity contribution in [2.24, 2.45) is 0 Å². The molecule has 0 radical (unpaired) electrons. The molecule has 0 aliphatic rings. The van der Waals surface area contributed by atoms with Crippen molar-refractivity contribution < 1.29 is 0 Å². The summed E-state index contributed by atoms with van der Waals surface area (Å²) in [5, 5.41) is 0. The van der Waals surface area contributed by atoms with Crippen molar-refractivity contribution in [1.29, 1.82) is 0 Å². The molecule has 1 heteroatoms. The molecule has 0 N–H and O–H groups in total. The fourth-order valence-electron chi connectivity index (χ4n) is 1.70. The van der Waals surface area contributed by atoms with E-state index < -0.39 is 0 Å². The SMILES string of the molecule is CCCCC=CN(C=CCCCC)C=CCCCC. The first-order valence-corrected chi connectivity index (χ1v) is 8.12. The second kappa shape index (κ2) is 15.1. The molecule has 0 bridgehead atoms. The first-order chi connectivity index (χ1) is 9.35. The van der Waals surface area contributed by atoms with Gasteiger partial charge in [-0.15, -0.1) is 0 Å². The van der Waals surface area contributed by atoms with Crippen molar-refractivity contribution in [3.8, 4) is 0 Å². The minimum absolute atomic E-state index is 1.18. The predicted octanol–water partition coefficient (Wildman–Crippen LogP) is 6.40. The van der Waals surface area contributed by atoms with Crippen LogP contribution in [0.4, 0.5) is 0 Å². The number of nitrogens with zero attached hydrogens (tertiary/aromatic N) is 1. The van der Waals surface area contributed by atoms with E-state index in [9.17, 15) is 0 Å². The van der Waals surface area contributed by atoms with Gasteiger partial charge in [0.25, 0.3) is 0 Å². The number of unbranched alkanes of at least 4 members (excludes halogenated alkanes) is 6. The smallest absolute Gasteiger partial charge is 0.00417 e. The van der Waals surface area contributed by atoms with E-state index in [1.54, 1.807) is 0 Å². The zero-order valence-electron chi connectivity index (χ0n) is 13.3. The third kappa shape index (κ3) is 13.3. The summed E-state index contributed by atoms with van der Waals surface area (Å²) in [5.41, 5.74) is 0. The topological polar surface area (TPSA) is 3.24 Å². The zero-order valence-corrected chi connectivity index (χ0v) is 13.3. The van der Waals surface area contributed by atoms with Crippen LogP contribution in [0.1, 0.15) is 78.6 Å². The molecule has 0 heterocycles. The van der Waals surface area contributed by atoms with Crippen molar-refractivity contribution in [1.82, 2.24) is 4.90 Å². The normalized spacial score (nSPS) is 12.2. The van der Waals surface area contributed by atoms with Gasteiger partial charge in [0.1, 0.15) is 0 Å². The lowest BCUT2D eigenvalue weighted by atomic mass is 10.2. The van der Waals surface area contributed by atoms with E-state index in [0.29, 0.717) is 0 Å². The molecule has 0 aliphatic carbocycles. The van der Waals surface area contributed by atoms with Crippen LogP contribution in [0.5, 0.6) is 0 Å². The maximum atomic E-state index is 2.28. The molecule has 0 spiro atoms. The maximum Gasteiger partial charge on any atom is 0.00417 e. The van der Waals surface area contributed by atoms with E-state index >= 15 is 0 Å². The molecule has 0 aromatic carbocycles. The number of rotatable bonds is 12. The molecule has 19 heavy (non-hydrogen) atoms. The van der Waals surface area contributed by atoms with Crippen molar-refractivity contribution in [3.05, 3.63) is 36.8 Å². The molecule has 0 aromatic rings. The Hall–Kier alpha value is -0.980. The Kier molecular flexibility index (Phi) is 14.3. The Labute approximate surface area is 121 Å². The van der Waals surface area contributed by atoms with Crippen molar-refractivity contribution in [2.75, 3.05) is 0 Å². The Bertz CT molecular complexity index is 208. The van der Waals surface area contributed by atoms with Crippen LogP contribution in [0.2, 0.25) is 0 Å². The van der Waals surface area contributed by atoms with Crippen LogP contribution in [0.15, 0.2) is 36.8 Å². The average molecular weight is 263 g/mol. The van der Waals surface area contributed by atoms with Crippen LogP contribution < -0.4 is 0 Å². The summed E-state index contributed by atoms with van der Waals surface area (Å²) in [5.74, 6) is 0. The van der Waals surface area contributed by atoms with E-state index in [1.165, 1.54) is 57.8 Å². The summed E-state index contributed by atoms with van der Waals surface area (Å²) in [6.45, 7) is 6.71. The minimum Gasteiger partial charge on any atom is -0.332 e. The van der Waals surface area contributed by atoms with Crippen molar-refractivity contribution in [2.45, 2.75) is 78.6 Å². The Morgan fingerprint density at radius 2 is 0.895 bits per heavy atom. The van der Waals surface area contributed by atoms with Crippen LogP contribution in [0, 0.1) is 0 Å². The fourth-order valence-corrected chi connectivity index (χ4v) is 1.70. The largest absolute Gasteiger partial charge is 0.332 e. The highest BCUT2D eigenvalue weighted by atomic mass is 15.1. The highest BCUT2D eigenvalue weighted by Gasteiger charge is 1.88. The Balaban J connectivity index is 4.16. The molecule has 0 saturated carbocycles. The molecule has 0 unspecified atom stereocenters.